The van der Waals surface area contributed by atoms with Gasteiger partial charge in [-0.2, -0.15) is 0 Å². The Morgan fingerprint density at radius 1 is 1.00 bits per heavy atom. The van der Waals surface area contributed by atoms with Gasteiger partial charge in [0, 0.05) is 31.0 Å². The first-order valence-electron chi connectivity index (χ1n) is 14.9. The standard InChI is InChI=1S/C33H38ClN5O7/c1-20(2)30-32(42)37-18-24-25(44-3)8-7-9-26(24)46-28-15-21(10-11-27(28)45-4)31(41)36-12-5-6-13-39(19-29(40)38-30)33(43)22-14-23(34)17-35-16-22/h7-11,14-17,20,30H,5-6,12-13,18-19H2,1-4H3,(H,36,41)(H,37,42)(H,38,40)/t30-/m1/s1. The van der Waals surface area contributed by atoms with Gasteiger partial charge in [-0.05, 0) is 55.2 Å². The third-order valence-electron chi connectivity index (χ3n) is 7.37. The molecule has 0 fully saturated rings. The van der Waals surface area contributed by atoms with Crippen LogP contribution in [0.1, 0.15) is 53.0 Å². The molecule has 46 heavy (non-hydrogen) atoms. The van der Waals surface area contributed by atoms with Crippen molar-refractivity contribution in [2.75, 3.05) is 33.9 Å². The minimum atomic E-state index is -0.894. The predicted octanol–water partition coefficient (Wildman–Crippen LogP) is 3.97. The van der Waals surface area contributed by atoms with Crippen molar-refractivity contribution in [3.63, 3.8) is 0 Å². The lowest BCUT2D eigenvalue weighted by Crippen LogP contribution is -2.52. The van der Waals surface area contributed by atoms with E-state index in [0.717, 1.165) is 0 Å². The molecule has 3 aromatic rings. The maximum atomic E-state index is 13.5. The number of benzene rings is 2. The second-order valence-electron chi connectivity index (χ2n) is 11.0. The summed E-state index contributed by atoms with van der Waals surface area (Å²) < 4.78 is 17.3. The second kappa shape index (κ2) is 15.9. The van der Waals surface area contributed by atoms with Gasteiger partial charge in [-0.25, -0.2) is 0 Å². The molecule has 1 aliphatic rings. The summed E-state index contributed by atoms with van der Waals surface area (Å²) in [5, 5.41) is 8.85. The van der Waals surface area contributed by atoms with Crippen LogP contribution < -0.4 is 30.2 Å². The van der Waals surface area contributed by atoms with Crippen molar-refractivity contribution < 1.29 is 33.4 Å². The maximum absolute atomic E-state index is 13.5. The Morgan fingerprint density at radius 3 is 2.50 bits per heavy atom. The number of halogens is 1. The van der Waals surface area contributed by atoms with Crippen molar-refractivity contribution >= 4 is 35.2 Å². The molecule has 0 unspecified atom stereocenters. The average Bonchev–Trinajstić information content (AvgIpc) is 3.04. The van der Waals surface area contributed by atoms with Crippen molar-refractivity contribution in [2.24, 2.45) is 5.92 Å². The van der Waals surface area contributed by atoms with E-state index < -0.39 is 23.8 Å². The smallest absolute Gasteiger partial charge is 0.255 e. The highest BCUT2D eigenvalue weighted by Gasteiger charge is 2.27. The molecule has 1 atom stereocenters. The minimum Gasteiger partial charge on any atom is -0.496 e. The van der Waals surface area contributed by atoms with Crippen molar-refractivity contribution in [2.45, 2.75) is 39.3 Å². The highest BCUT2D eigenvalue weighted by molar-refractivity contribution is 6.30. The molecule has 0 spiro atoms. The number of nitrogens with zero attached hydrogens (tertiary/aromatic N) is 2. The number of pyridine rings is 1. The first-order chi connectivity index (χ1) is 22.1. The van der Waals surface area contributed by atoms with Gasteiger partial charge in [0.15, 0.2) is 11.5 Å². The van der Waals surface area contributed by atoms with Crippen LogP contribution in [0.4, 0.5) is 0 Å². The fourth-order valence-electron chi connectivity index (χ4n) is 4.93. The largest absolute Gasteiger partial charge is 0.496 e. The van der Waals surface area contributed by atoms with E-state index in [-0.39, 0.29) is 42.0 Å². The van der Waals surface area contributed by atoms with Crippen molar-refractivity contribution in [3.05, 3.63) is 76.6 Å². The number of aromatic nitrogens is 1. The molecule has 0 aliphatic carbocycles. The Labute approximate surface area is 272 Å². The average molecular weight is 652 g/mol. The highest BCUT2D eigenvalue weighted by atomic mass is 35.5. The molecule has 1 aliphatic heterocycles. The molecule has 244 valence electrons. The van der Waals surface area contributed by atoms with E-state index in [1.54, 1.807) is 36.4 Å². The van der Waals surface area contributed by atoms with Crippen LogP contribution in [-0.4, -0.2) is 73.4 Å². The van der Waals surface area contributed by atoms with Gasteiger partial charge in [0.25, 0.3) is 11.8 Å². The van der Waals surface area contributed by atoms with Crippen LogP contribution in [0.25, 0.3) is 0 Å². The molecular weight excluding hydrogens is 614 g/mol. The molecule has 4 rings (SSSR count). The lowest BCUT2D eigenvalue weighted by molar-refractivity contribution is -0.130. The Morgan fingerprint density at radius 2 is 1.78 bits per heavy atom. The van der Waals surface area contributed by atoms with E-state index in [0.29, 0.717) is 53.5 Å². The van der Waals surface area contributed by atoms with Crippen molar-refractivity contribution in [1.29, 1.82) is 0 Å². The Kier molecular flexibility index (Phi) is 11.8. The van der Waals surface area contributed by atoms with E-state index >= 15 is 0 Å². The predicted molar refractivity (Wildman–Crippen MR) is 171 cm³/mol. The van der Waals surface area contributed by atoms with Gasteiger partial charge in [0.05, 0.1) is 43.5 Å². The molecule has 0 saturated heterocycles. The van der Waals surface area contributed by atoms with Crippen molar-refractivity contribution in [3.8, 4) is 23.0 Å². The summed E-state index contributed by atoms with van der Waals surface area (Å²) in [7, 11) is 3.00. The van der Waals surface area contributed by atoms with Crippen LogP contribution in [0.2, 0.25) is 5.02 Å². The molecule has 12 nitrogen and oxygen atoms in total. The summed E-state index contributed by atoms with van der Waals surface area (Å²) in [5.41, 5.74) is 1.11. The molecule has 0 radical (unpaired) electrons. The van der Waals surface area contributed by atoms with Crippen molar-refractivity contribution in [1.82, 2.24) is 25.8 Å². The molecule has 3 N–H and O–H groups in total. The number of methoxy groups -OCH3 is 2. The first-order valence-corrected chi connectivity index (χ1v) is 15.3. The number of nitrogens with one attached hydrogen (secondary N) is 3. The van der Waals surface area contributed by atoms with Gasteiger partial charge in [-0.3, -0.25) is 24.2 Å². The summed E-state index contributed by atoms with van der Waals surface area (Å²) in [6.45, 7) is 3.87. The van der Waals surface area contributed by atoms with Crippen LogP contribution in [0.5, 0.6) is 23.0 Å². The topological polar surface area (TPSA) is 148 Å². The van der Waals surface area contributed by atoms with Crippen LogP contribution >= 0.6 is 11.6 Å². The Hall–Kier alpha value is -4.84. The number of rotatable bonds is 4. The minimum absolute atomic E-state index is 0.00609. The maximum Gasteiger partial charge on any atom is 0.255 e. The number of carbonyl (C=O) groups excluding carboxylic acids is 4. The van der Waals surface area contributed by atoms with E-state index in [4.69, 9.17) is 25.8 Å². The molecule has 13 heteroatoms. The third-order valence-corrected chi connectivity index (χ3v) is 7.58. The fraction of sp³-hybridized carbons (Fsp3) is 0.364. The Bertz CT molecular complexity index is 1580. The quantitative estimate of drug-likeness (QED) is 0.384. The molecule has 2 bridgehead atoms. The zero-order valence-corrected chi connectivity index (χ0v) is 27.0. The number of ether oxygens (including phenoxy) is 3. The lowest BCUT2D eigenvalue weighted by Gasteiger charge is -2.26. The van der Waals surface area contributed by atoms with E-state index in [1.165, 1.54) is 37.6 Å². The zero-order valence-electron chi connectivity index (χ0n) is 26.2. The number of amides is 4. The summed E-state index contributed by atoms with van der Waals surface area (Å²) in [6, 6.07) is 10.6. The van der Waals surface area contributed by atoms with E-state index in [2.05, 4.69) is 20.9 Å². The summed E-state index contributed by atoms with van der Waals surface area (Å²) in [6.07, 6.45) is 3.80. The monoisotopic (exact) mass is 651 g/mol. The molecule has 2 heterocycles. The van der Waals surface area contributed by atoms with Crippen LogP contribution in [0.15, 0.2) is 54.9 Å². The van der Waals surface area contributed by atoms with Gasteiger partial charge < -0.3 is 35.1 Å². The van der Waals surface area contributed by atoms with Crippen LogP contribution in [0, 0.1) is 5.92 Å². The summed E-state index contributed by atoms with van der Waals surface area (Å²) in [4.78, 5) is 58.6. The number of hydrogen-bond acceptors (Lipinski definition) is 8. The highest BCUT2D eigenvalue weighted by Crippen LogP contribution is 2.37. The zero-order chi connectivity index (χ0) is 33.2. The Balaban J connectivity index is 1.67. The van der Waals surface area contributed by atoms with Gasteiger partial charge >= 0.3 is 0 Å². The van der Waals surface area contributed by atoms with Crippen LogP contribution in [0.3, 0.4) is 0 Å². The lowest BCUT2D eigenvalue weighted by atomic mass is 10.0. The number of hydrogen-bond donors (Lipinski definition) is 3. The molecular formula is C33H38ClN5O7. The SMILES string of the molecule is COc1ccc2cc1Oc1cccc(OC)c1CNC(=O)[C@@H](C(C)C)NC(=O)CN(C(=O)c1cncc(Cl)c1)CCCCNC2=O. The van der Waals surface area contributed by atoms with E-state index in [9.17, 15) is 19.2 Å². The fourth-order valence-corrected chi connectivity index (χ4v) is 5.10. The number of fused-ring (bicyclic) bond motifs is 3. The molecule has 2 aromatic carbocycles. The second-order valence-corrected chi connectivity index (χ2v) is 11.4. The van der Waals surface area contributed by atoms with Gasteiger partial charge in [-0.1, -0.05) is 31.5 Å². The molecule has 0 saturated carbocycles. The molecule has 4 amide bonds. The van der Waals surface area contributed by atoms with Crippen LogP contribution in [-0.2, 0) is 16.1 Å². The normalized spacial score (nSPS) is 16.7. The van der Waals surface area contributed by atoms with Gasteiger partial charge in [-0.15, -0.1) is 0 Å². The molecule has 1 aromatic heterocycles. The third kappa shape index (κ3) is 8.66. The van der Waals surface area contributed by atoms with Gasteiger partial charge in [0.2, 0.25) is 11.8 Å². The summed E-state index contributed by atoms with van der Waals surface area (Å²) in [5.74, 6) is -0.432. The summed E-state index contributed by atoms with van der Waals surface area (Å²) >= 11 is 6.07. The first kappa shape index (κ1) is 34.0. The van der Waals surface area contributed by atoms with Gasteiger partial charge in [0.1, 0.15) is 17.5 Å². The van der Waals surface area contributed by atoms with E-state index in [1.807, 2.05) is 13.8 Å². The number of carbonyl (C=O) groups is 4.